The van der Waals surface area contributed by atoms with Crippen LogP contribution in [0.4, 0.5) is 0 Å². The molecule has 1 aromatic heterocycles. The number of aromatic nitrogens is 2. The summed E-state index contributed by atoms with van der Waals surface area (Å²) in [5, 5.41) is 9.77. The lowest BCUT2D eigenvalue weighted by atomic mass is 9.74. The van der Waals surface area contributed by atoms with E-state index in [1.54, 1.807) is 12.4 Å². The highest BCUT2D eigenvalue weighted by Gasteiger charge is 2.38. The van der Waals surface area contributed by atoms with E-state index < -0.39 is 0 Å². The van der Waals surface area contributed by atoms with Gasteiger partial charge < -0.3 is 15.0 Å². The molecule has 5 rings (SSSR count). The maximum atomic E-state index is 13.2. The van der Waals surface area contributed by atoms with Gasteiger partial charge >= 0.3 is 0 Å². The van der Waals surface area contributed by atoms with Crippen LogP contribution in [0.25, 0.3) is 11.0 Å². The van der Waals surface area contributed by atoms with Gasteiger partial charge in [-0.1, -0.05) is 6.07 Å². The summed E-state index contributed by atoms with van der Waals surface area (Å²) >= 11 is 0. The number of rotatable bonds is 1. The van der Waals surface area contributed by atoms with Gasteiger partial charge in [0.15, 0.2) is 0 Å². The zero-order chi connectivity index (χ0) is 17.7. The Morgan fingerprint density at radius 2 is 2.12 bits per heavy atom. The smallest absolute Gasteiger partial charge is 0.254 e. The van der Waals surface area contributed by atoms with Crippen LogP contribution in [0.1, 0.15) is 46.7 Å². The molecule has 3 aromatic rings. The van der Waals surface area contributed by atoms with Gasteiger partial charge in [-0.25, -0.2) is 4.98 Å². The maximum Gasteiger partial charge on any atom is 0.254 e. The van der Waals surface area contributed by atoms with E-state index in [9.17, 15) is 9.90 Å². The number of carbonyl (C=O) groups is 1. The molecule has 5 nitrogen and oxygen atoms in total. The molecule has 2 atom stereocenters. The van der Waals surface area contributed by atoms with Gasteiger partial charge in [-0.3, -0.25) is 4.79 Å². The third-order valence-electron chi connectivity index (χ3n) is 5.94. The molecule has 1 aliphatic heterocycles. The number of nitrogens with zero attached hydrogens (tertiary/aromatic N) is 2. The predicted octanol–water partition coefficient (Wildman–Crippen LogP) is 3.60. The minimum absolute atomic E-state index is 0.110. The summed E-state index contributed by atoms with van der Waals surface area (Å²) in [5.74, 6) is 0.810. The van der Waals surface area contributed by atoms with Gasteiger partial charge in [-0.2, -0.15) is 0 Å². The van der Waals surface area contributed by atoms with Crippen molar-refractivity contribution < 1.29 is 9.90 Å². The molecule has 0 spiro atoms. The van der Waals surface area contributed by atoms with E-state index >= 15 is 0 Å². The Labute approximate surface area is 151 Å². The topological polar surface area (TPSA) is 69.2 Å². The second-order valence-electron chi connectivity index (χ2n) is 7.37. The first kappa shape index (κ1) is 15.4. The van der Waals surface area contributed by atoms with Gasteiger partial charge in [0.1, 0.15) is 5.75 Å². The molecule has 5 heteroatoms. The monoisotopic (exact) mass is 347 g/mol. The van der Waals surface area contributed by atoms with E-state index in [2.05, 4.69) is 14.9 Å². The number of likely N-dealkylation sites (tertiary alicyclic amines) is 1. The minimum atomic E-state index is 0.110. The van der Waals surface area contributed by atoms with Crippen LogP contribution < -0.4 is 0 Å². The average molecular weight is 347 g/mol. The lowest BCUT2D eigenvalue weighted by Crippen LogP contribution is -2.49. The summed E-state index contributed by atoms with van der Waals surface area (Å²) in [5.41, 5.74) is 5.04. The number of imidazole rings is 1. The minimum Gasteiger partial charge on any atom is -0.508 e. The Morgan fingerprint density at radius 3 is 3.04 bits per heavy atom. The van der Waals surface area contributed by atoms with Gasteiger partial charge in [0, 0.05) is 24.1 Å². The normalized spacial score (nSPS) is 22.1. The molecule has 1 saturated heterocycles. The first-order chi connectivity index (χ1) is 12.7. The number of amides is 1. The van der Waals surface area contributed by atoms with E-state index in [-0.39, 0.29) is 11.9 Å². The van der Waals surface area contributed by atoms with Crippen molar-refractivity contribution in [2.45, 2.75) is 37.6 Å². The third-order valence-corrected chi connectivity index (χ3v) is 5.94. The van der Waals surface area contributed by atoms with Gasteiger partial charge in [-0.15, -0.1) is 0 Å². The number of piperidine rings is 1. The molecule has 2 N–H and O–H groups in total. The second kappa shape index (κ2) is 5.87. The lowest BCUT2D eigenvalue weighted by molar-refractivity contribution is 0.0547. The first-order valence-corrected chi connectivity index (χ1v) is 9.26. The Hall–Kier alpha value is -2.82. The summed E-state index contributed by atoms with van der Waals surface area (Å²) < 4.78 is 0. The van der Waals surface area contributed by atoms with Gasteiger partial charge in [0.05, 0.1) is 17.4 Å². The van der Waals surface area contributed by atoms with Crippen molar-refractivity contribution in [3.63, 3.8) is 0 Å². The van der Waals surface area contributed by atoms with Crippen LogP contribution in [-0.2, 0) is 6.42 Å². The summed E-state index contributed by atoms with van der Waals surface area (Å²) in [7, 11) is 0. The van der Waals surface area contributed by atoms with Crippen LogP contribution in [-0.4, -0.2) is 38.5 Å². The van der Waals surface area contributed by atoms with Crippen molar-refractivity contribution in [3.05, 3.63) is 59.4 Å². The second-order valence-corrected chi connectivity index (χ2v) is 7.37. The number of fused-ring (bicyclic) bond motifs is 4. The molecular formula is C21H21N3O2. The van der Waals surface area contributed by atoms with Gasteiger partial charge in [0.25, 0.3) is 5.91 Å². The number of H-pyrrole nitrogens is 1. The number of nitrogens with one attached hydrogen (secondary N) is 1. The molecule has 26 heavy (non-hydrogen) atoms. The number of benzene rings is 2. The number of aromatic hydroxyl groups is 1. The highest BCUT2D eigenvalue weighted by Crippen LogP contribution is 2.42. The van der Waals surface area contributed by atoms with Crippen molar-refractivity contribution in [3.8, 4) is 5.75 Å². The Balaban J connectivity index is 1.47. The average Bonchev–Trinajstić information content (AvgIpc) is 3.14. The van der Waals surface area contributed by atoms with Crippen LogP contribution in [0, 0.1) is 0 Å². The van der Waals surface area contributed by atoms with Crippen molar-refractivity contribution in [2.24, 2.45) is 0 Å². The Bertz CT molecular complexity index is 994. The molecule has 0 unspecified atom stereocenters. The van der Waals surface area contributed by atoms with Crippen LogP contribution >= 0.6 is 0 Å². The summed E-state index contributed by atoms with van der Waals surface area (Å²) in [4.78, 5) is 22.6. The molecule has 2 aromatic carbocycles. The number of aryl methyl sites for hydroxylation is 1. The SMILES string of the molecule is O=C(c1ccc2nc[nH]c2c1)N1CCC[C@@H]2c3ccc(O)cc3CC[C@@H]21. The molecule has 1 fully saturated rings. The van der Waals surface area contributed by atoms with Crippen LogP contribution in [0.5, 0.6) is 5.75 Å². The molecule has 1 amide bonds. The molecule has 0 saturated carbocycles. The van der Waals surface area contributed by atoms with Crippen LogP contribution in [0.15, 0.2) is 42.7 Å². The number of hydrogen-bond donors (Lipinski definition) is 2. The summed E-state index contributed by atoms with van der Waals surface area (Å²) in [6.07, 6.45) is 5.64. The van der Waals surface area contributed by atoms with E-state index in [0.29, 0.717) is 11.7 Å². The van der Waals surface area contributed by atoms with E-state index in [4.69, 9.17) is 0 Å². The van der Waals surface area contributed by atoms with E-state index in [1.807, 2.05) is 30.3 Å². The third kappa shape index (κ3) is 2.38. The zero-order valence-corrected chi connectivity index (χ0v) is 14.5. The molecule has 1 aliphatic carbocycles. The molecule has 0 radical (unpaired) electrons. The number of phenolic OH excluding ortho intramolecular Hbond substituents is 1. The van der Waals surface area contributed by atoms with Crippen molar-refractivity contribution >= 4 is 16.9 Å². The highest BCUT2D eigenvalue weighted by atomic mass is 16.3. The fraction of sp³-hybridized carbons (Fsp3) is 0.333. The van der Waals surface area contributed by atoms with E-state index in [0.717, 1.165) is 48.8 Å². The number of phenols is 1. The highest BCUT2D eigenvalue weighted by molar-refractivity contribution is 5.97. The van der Waals surface area contributed by atoms with Crippen molar-refractivity contribution in [1.29, 1.82) is 0 Å². The van der Waals surface area contributed by atoms with Crippen LogP contribution in [0.2, 0.25) is 0 Å². The van der Waals surface area contributed by atoms with Gasteiger partial charge in [0.2, 0.25) is 0 Å². The predicted molar refractivity (Wildman–Crippen MR) is 99.3 cm³/mol. The standard InChI is InChI=1S/C21H21N3O2/c25-15-5-6-16-13(10-15)4-8-20-17(16)2-1-9-24(20)21(26)14-3-7-18-19(11-14)23-12-22-18/h3,5-7,10-12,17,20,25H,1-2,4,8-9H2,(H,22,23)/t17-,20+/m1/s1. The number of hydrogen-bond acceptors (Lipinski definition) is 3. The largest absolute Gasteiger partial charge is 0.508 e. The summed E-state index contributed by atoms with van der Waals surface area (Å²) in [6.45, 7) is 0.814. The molecule has 2 aliphatic rings. The first-order valence-electron chi connectivity index (χ1n) is 9.26. The number of carbonyl (C=O) groups excluding carboxylic acids is 1. The van der Waals surface area contributed by atoms with E-state index in [1.165, 1.54) is 11.1 Å². The quantitative estimate of drug-likeness (QED) is 0.707. The Morgan fingerprint density at radius 1 is 1.19 bits per heavy atom. The number of aromatic amines is 1. The Kier molecular flexibility index (Phi) is 3.48. The molecule has 132 valence electrons. The van der Waals surface area contributed by atoms with Crippen LogP contribution in [0.3, 0.4) is 0 Å². The van der Waals surface area contributed by atoms with Gasteiger partial charge in [-0.05, 0) is 67.1 Å². The zero-order valence-electron chi connectivity index (χ0n) is 14.5. The molecular weight excluding hydrogens is 326 g/mol. The molecule has 0 bridgehead atoms. The van der Waals surface area contributed by atoms with Crippen molar-refractivity contribution in [1.82, 2.24) is 14.9 Å². The molecule has 2 heterocycles. The van der Waals surface area contributed by atoms with Crippen molar-refractivity contribution in [2.75, 3.05) is 6.54 Å². The summed E-state index contributed by atoms with van der Waals surface area (Å²) in [6, 6.07) is 11.6. The maximum absolute atomic E-state index is 13.2. The fourth-order valence-electron chi connectivity index (χ4n) is 4.74. The fourth-order valence-corrected chi connectivity index (χ4v) is 4.74. The lowest BCUT2D eigenvalue weighted by Gasteiger charge is -2.45.